The summed E-state index contributed by atoms with van der Waals surface area (Å²) in [7, 11) is 0. The number of rotatable bonds is 8. The van der Waals surface area contributed by atoms with Gasteiger partial charge in [0.25, 0.3) is 0 Å². The lowest BCUT2D eigenvalue weighted by Gasteiger charge is -2.09. The van der Waals surface area contributed by atoms with Gasteiger partial charge in [-0.2, -0.15) is 0 Å². The lowest BCUT2D eigenvalue weighted by atomic mass is 10.3. The average Bonchev–Trinajstić information content (AvgIpc) is 3.86. The van der Waals surface area contributed by atoms with E-state index in [-0.39, 0.29) is 0 Å². The number of carboxylic acid groups (broad SMARTS) is 4. The SMILES string of the molecule is Nc1ccc(Oc2cccc(Oc3ccc(N)cc3)c2)cc1.O=C(O)C1CO1.O=C(O)C1CO1.O=C(O)C1CO1.O=C(O)C1CO1. The first kappa shape index (κ1) is 35.1. The van der Waals surface area contributed by atoms with Gasteiger partial charge in [0, 0.05) is 17.4 Å². The molecular formula is C30H32N2O14. The highest BCUT2D eigenvalue weighted by atomic mass is 16.6. The molecule has 0 amide bonds. The van der Waals surface area contributed by atoms with Crippen molar-refractivity contribution in [1.29, 1.82) is 0 Å². The molecule has 246 valence electrons. The number of carboxylic acids is 4. The second kappa shape index (κ2) is 17.2. The number of anilines is 2. The number of nitrogens with two attached hydrogens (primary N) is 2. The maximum absolute atomic E-state index is 9.64. The number of epoxide rings is 4. The highest BCUT2D eigenvalue weighted by Crippen LogP contribution is 2.29. The van der Waals surface area contributed by atoms with Crippen LogP contribution >= 0.6 is 0 Å². The maximum atomic E-state index is 9.64. The Hall–Kier alpha value is -5.42. The fourth-order valence-corrected chi connectivity index (χ4v) is 2.71. The second-order valence-electron chi connectivity index (χ2n) is 9.46. The predicted octanol–water partition coefficient (Wildman–Crippen LogP) is 2.31. The number of carbonyl (C=O) groups is 4. The van der Waals surface area contributed by atoms with Crippen molar-refractivity contribution in [3.63, 3.8) is 0 Å². The Labute approximate surface area is 261 Å². The summed E-state index contributed by atoms with van der Waals surface area (Å²) in [5.41, 5.74) is 12.7. The molecule has 0 aliphatic carbocycles. The van der Waals surface area contributed by atoms with E-state index < -0.39 is 48.3 Å². The van der Waals surface area contributed by atoms with Gasteiger partial charge < -0.3 is 60.3 Å². The van der Waals surface area contributed by atoms with E-state index in [1.165, 1.54) is 0 Å². The molecule has 16 nitrogen and oxygen atoms in total. The van der Waals surface area contributed by atoms with Gasteiger partial charge in [0.2, 0.25) is 0 Å². The Morgan fingerprint density at radius 2 is 0.761 bits per heavy atom. The maximum Gasteiger partial charge on any atom is 0.335 e. The topological polar surface area (TPSA) is 270 Å². The van der Waals surface area contributed by atoms with E-state index in [0.29, 0.717) is 49.3 Å². The number of aliphatic carboxylic acids is 4. The number of benzene rings is 3. The monoisotopic (exact) mass is 644 g/mol. The van der Waals surface area contributed by atoms with E-state index in [1.807, 2.05) is 48.5 Å². The van der Waals surface area contributed by atoms with Gasteiger partial charge >= 0.3 is 23.9 Å². The summed E-state index contributed by atoms with van der Waals surface area (Å²) in [6.45, 7) is 1.59. The van der Waals surface area contributed by atoms with Gasteiger partial charge in [0.05, 0.1) is 26.4 Å². The zero-order valence-electron chi connectivity index (χ0n) is 24.1. The zero-order chi connectivity index (χ0) is 33.6. The van der Waals surface area contributed by atoms with E-state index in [0.717, 1.165) is 11.5 Å². The molecule has 4 aliphatic heterocycles. The standard InChI is InChI=1S/C18H16N2O2.4C3H4O3/c19-13-4-8-15(9-5-13)21-17-2-1-3-18(12-17)22-16-10-6-14(20)7-11-16;4*4-3(5)2-1-6-2/h1-12H,19-20H2;4*2H,1H2,(H,4,5). The van der Waals surface area contributed by atoms with Crippen molar-refractivity contribution >= 4 is 35.3 Å². The van der Waals surface area contributed by atoms with Crippen LogP contribution in [0, 0.1) is 0 Å². The van der Waals surface area contributed by atoms with Crippen LogP contribution in [-0.2, 0) is 38.1 Å². The van der Waals surface area contributed by atoms with Crippen LogP contribution in [0.4, 0.5) is 11.4 Å². The Balaban J connectivity index is 0.000000192. The van der Waals surface area contributed by atoms with Crippen LogP contribution in [0.1, 0.15) is 0 Å². The lowest BCUT2D eigenvalue weighted by Crippen LogP contribution is -2.02. The molecule has 4 fully saturated rings. The van der Waals surface area contributed by atoms with Crippen LogP contribution in [0.15, 0.2) is 72.8 Å². The second-order valence-corrected chi connectivity index (χ2v) is 9.46. The first-order valence-electron chi connectivity index (χ1n) is 13.5. The summed E-state index contributed by atoms with van der Waals surface area (Å²) in [6.07, 6.45) is -1.93. The number of hydrogen-bond donors (Lipinski definition) is 6. The molecule has 3 aromatic carbocycles. The summed E-state index contributed by atoms with van der Waals surface area (Å²) in [5.74, 6) is -0.580. The molecule has 46 heavy (non-hydrogen) atoms. The minimum atomic E-state index is -0.852. The Bertz CT molecular complexity index is 1300. The van der Waals surface area contributed by atoms with Gasteiger partial charge in [-0.05, 0) is 60.7 Å². The molecule has 4 unspecified atom stereocenters. The van der Waals surface area contributed by atoms with Crippen molar-refractivity contribution < 1.29 is 68.0 Å². The Morgan fingerprint density at radius 3 is 0.957 bits per heavy atom. The van der Waals surface area contributed by atoms with Crippen LogP contribution in [0.3, 0.4) is 0 Å². The van der Waals surface area contributed by atoms with Crippen LogP contribution in [0.2, 0.25) is 0 Å². The van der Waals surface area contributed by atoms with Crippen molar-refractivity contribution in [1.82, 2.24) is 0 Å². The molecule has 7 rings (SSSR count). The smallest absolute Gasteiger partial charge is 0.335 e. The highest BCUT2D eigenvalue weighted by molar-refractivity contribution is 5.75. The van der Waals surface area contributed by atoms with Gasteiger partial charge in [-0.3, -0.25) is 0 Å². The highest BCUT2D eigenvalue weighted by Gasteiger charge is 2.31. The van der Waals surface area contributed by atoms with Crippen LogP contribution in [0.5, 0.6) is 23.0 Å². The molecule has 4 aliphatic rings. The molecule has 0 bridgehead atoms. The average molecular weight is 645 g/mol. The molecule has 16 heteroatoms. The first-order chi connectivity index (χ1) is 21.9. The summed E-state index contributed by atoms with van der Waals surface area (Å²) >= 11 is 0. The van der Waals surface area contributed by atoms with Crippen LogP contribution < -0.4 is 20.9 Å². The largest absolute Gasteiger partial charge is 0.479 e. The van der Waals surface area contributed by atoms with Gasteiger partial charge in [-0.15, -0.1) is 0 Å². The minimum Gasteiger partial charge on any atom is -0.479 e. The minimum absolute atomic E-state index is 0.398. The van der Waals surface area contributed by atoms with Crippen molar-refractivity contribution in [3.05, 3.63) is 72.8 Å². The summed E-state index contributed by atoms with van der Waals surface area (Å²) in [5, 5.41) is 31.7. The molecule has 3 aromatic rings. The van der Waals surface area contributed by atoms with Crippen molar-refractivity contribution in [2.24, 2.45) is 0 Å². The fraction of sp³-hybridized carbons (Fsp3) is 0.267. The fourth-order valence-electron chi connectivity index (χ4n) is 2.71. The van der Waals surface area contributed by atoms with Gasteiger partial charge in [0.1, 0.15) is 23.0 Å². The van der Waals surface area contributed by atoms with Crippen molar-refractivity contribution in [3.8, 4) is 23.0 Å². The predicted molar refractivity (Wildman–Crippen MR) is 158 cm³/mol. The third kappa shape index (κ3) is 14.8. The van der Waals surface area contributed by atoms with Crippen molar-refractivity contribution in [2.45, 2.75) is 24.4 Å². The van der Waals surface area contributed by atoms with E-state index in [4.69, 9.17) is 41.4 Å². The van der Waals surface area contributed by atoms with Crippen LogP contribution in [0.25, 0.3) is 0 Å². The van der Waals surface area contributed by atoms with E-state index in [1.54, 1.807) is 24.3 Å². The third-order valence-electron chi connectivity index (χ3n) is 5.47. The molecular weight excluding hydrogens is 612 g/mol. The molecule has 4 heterocycles. The van der Waals surface area contributed by atoms with Crippen molar-refractivity contribution in [2.75, 3.05) is 37.9 Å². The molecule has 0 aromatic heterocycles. The van der Waals surface area contributed by atoms with Gasteiger partial charge in [-0.25, -0.2) is 19.2 Å². The summed E-state index contributed by atoms with van der Waals surface area (Å²) in [4.78, 5) is 38.5. The van der Waals surface area contributed by atoms with E-state index >= 15 is 0 Å². The molecule has 4 atom stereocenters. The van der Waals surface area contributed by atoms with E-state index in [2.05, 4.69) is 18.9 Å². The number of hydrogen-bond acceptors (Lipinski definition) is 12. The Morgan fingerprint density at radius 1 is 0.500 bits per heavy atom. The normalized spacial score (nSPS) is 20.3. The quantitative estimate of drug-likeness (QED) is 0.152. The molecule has 8 N–H and O–H groups in total. The first-order valence-corrected chi connectivity index (χ1v) is 13.5. The summed E-state index contributed by atoms with van der Waals surface area (Å²) in [6, 6.07) is 21.9. The van der Waals surface area contributed by atoms with Gasteiger partial charge in [-0.1, -0.05) is 6.07 Å². The third-order valence-corrected chi connectivity index (χ3v) is 5.47. The summed E-state index contributed by atoms with van der Waals surface area (Å²) < 4.78 is 29.0. The molecule has 0 saturated carbocycles. The van der Waals surface area contributed by atoms with E-state index in [9.17, 15) is 19.2 Å². The molecule has 4 saturated heterocycles. The molecule has 0 radical (unpaired) electrons. The lowest BCUT2D eigenvalue weighted by molar-refractivity contribution is -0.139. The Kier molecular flexibility index (Phi) is 13.1. The zero-order valence-corrected chi connectivity index (χ0v) is 24.1. The molecule has 0 spiro atoms. The van der Waals surface area contributed by atoms with Gasteiger partial charge in [0.15, 0.2) is 24.4 Å². The van der Waals surface area contributed by atoms with Crippen LogP contribution in [-0.4, -0.2) is 95.1 Å². The number of ether oxygens (including phenoxy) is 6. The number of nitrogen functional groups attached to an aromatic ring is 2.